The van der Waals surface area contributed by atoms with Crippen LogP contribution in [0.3, 0.4) is 0 Å². The van der Waals surface area contributed by atoms with Gasteiger partial charge in [0.15, 0.2) is 0 Å². The molecule has 0 aliphatic rings. The zero-order valence-corrected chi connectivity index (χ0v) is 23.8. The first-order valence-electron chi connectivity index (χ1n) is 11.8. The highest BCUT2D eigenvalue weighted by atomic mass is 33.1. The van der Waals surface area contributed by atoms with Crippen molar-refractivity contribution in [2.24, 2.45) is 11.5 Å². The molecule has 0 aliphatic carbocycles. The van der Waals surface area contributed by atoms with Crippen LogP contribution in [0.25, 0.3) is 0 Å². The smallest absolute Gasteiger partial charge is 0.324 e. The summed E-state index contributed by atoms with van der Waals surface area (Å²) in [5.41, 5.74) is 14.4. The van der Waals surface area contributed by atoms with Crippen LogP contribution >= 0.6 is 21.6 Å². The van der Waals surface area contributed by atoms with Crippen LogP contribution in [0.4, 0.5) is 0 Å². The van der Waals surface area contributed by atoms with Crippen LogP contribution in [0.2, 0.25) is 0 Å². The van der Waals surface area contributed by atoms with Gasteiger partial charge in [0.1, 0.15) is 25.3 Å². The number of ether oxygens (including phenoxy) is 2. The van der Waals surface area contributed by atoms with Gasteiger partial charge in [-0.1, -0.05) is 99.9 Å². The molecule has 0 aromatic heterocycles. The molecule has 0 bridgehead atoms. The second-order valence-electron chi connectivity index (χ2n) is 8.26. The van der Waals surface area contributed by atoms with Gasteiger partial charge in [0.25, 0.3) is 10.1 Å². The van der Waals surface area contributed by atoms with E-state index in [2.05, 4.69) is 0 Å². The van der Waals surface area contributed by atoms with Gasteiger partial charge >= 0.3 is 11.9 Å². The van der Waals surface area contributed by atoms with Crippen molar-refractivity contribution in [2.45, 2.75) is 37.1 Å². The number of rotatable bonds is 12. The molecule has 0 saturated heterocycles. The van der Waals surface area contributed by atoms with Crippen LogP contribution in [0.5, 0.6) is 0 Å². The third kappa shape index (κ3) is 13.2. The Labute approximate surface area is 236 Å². The predicted octanol–water partition coefficient (Wildman–Crippen LogP) is 3.75. The Morgan fingerprint density at radius 3 is 1.49 bits per heavy atom. The molecule has 0 fully saturated rings. The average molecular weight is 593 g/mol. The maximum atomic E-state index is 11.9. The molecule has 0 saturated carbocycles. The summed E-state index contributed by atoms with van der Waals surface area (Å²) < 4.78 is 39.9. The second kappa shape index (κ2) is 17.0. The number of hydrogen-bond donors (Lipinski definition) is 3. The molecule has 5 N–H and O–H groups in total. The van der Waals surface area contributed by atoms with E-state index < -0.39 is 34.1 Å². The highest BCUT2D eigenvalue weighted by molar-refractivity contribution is 8.76. The number of aryl methyl sites for hydroxylation is 1. The van der Waals surface area contributed by atoms with Crippen LogP contribution in [0.15, 0.2) is 89.8 Å². The number of esters is 2. The summed E-state index contributed by atoms with van der Waals surface area (Å²) in [6.07, 6.45) is 0. The molecule has 0 spiro atoms. The average Bonchev–Trinajstić information content (AvgIpc) is 2.93. The lowest BCUT2D eigenvalue weighted by atomic mass is 10.2. The van der Waals surface area contributed by atoms with Gasteiger partial charge in [-0.05, 0) is 30.2 Å². The zero-order chi connectivity index (χ0) is 28.7. The van der Waals surface area contributed by atoms with Crippen molar-refractivity contribution in [3.05, 3.63) is 102 Å². The van der Waals surface area contributed by atoms with E-state index >= 15 is 0 Å². The molecule has 0 aliphatic heterocycles. The molecule has 210 valence electrons. The maximum Gasteiger partial charge on any atom is 0.324 e. The zero-order valence-electron chi connectivity index (χ0n) is 21.3. The number of carbonyl (C=O) groups excluding carboxylic acids is 2. The van der Waals surface area contributed by atoms with Gasteiger partial charge in [-0.25, -0.2) is 0 Å². The molecule has 0 heterocycles. The minimum Gasteiger partial charge on any atom is -0.460 e. The Hall–Kier alpha value is -2.87. The van der Waals surface area contributed by atoms with Crippen molar-refractivity contribution in [2.75, 3.05) is 11.5 Å². The van der Waals surface area contributed by atoms with Crippen molar-refractivity contribution >= 4 is 43.6 Å². The van der Waals surface area contributed by atoms with Crippen molar-refractivity contribution in [3.63, 3.8) is 0 Å². The van der Waals surface area contributed by atoms with Gasteiger partial charge in [0.2, 0.25) is 0 Å². The molecule has 0 unspecified atom stereocenters. The minimum absolute atomic E-state index is 0.0666. The molecule has 9 nitrogen and oxygen atoms in total. The van der Waals surface area contributed by atoms with E-state index in [9.17, 15) is 18.0 Å². The van der Waals surface area contributed by atoms with Crippen LogP contribution in [-0.4, -0.2) is 48.5 Å². The van der Waals surface area contributed by atoms with E-state index in [1.165, 1.54) is 33.7 Å². The summed E-state index contributed by atoms with van der Waals surface area (Å²) in [5, 5.41) is 0. The fourth-order valence-corrected chi connectivity index (χ4v) is 5.46. The monoisotopic (exact) mass is 592 g/mol. The van der Waals surface area contributed by atoms with Crippen LogP contribution < -0.4 is 11.5 Å². The lowest BCUT2D eigenvalue weighted by molar-refractivity contribution is -0.146. The topological polar surface area (TPSA) is 159 Å². The normalized spacial score (nSPS) is 12.4. The molecule has 12 heteroatoms. The summed E-state index contributed by atoms with van der Waals surface area (Å²) in [7, 11) is -1.27. The van der Waals surface area contributed by atoms with Gasteiger partial charge in [0.05, 0.1) is 4.90 Å². The summed E-state index contributed by atoms with van der Waals surface area (Å²) >= 11 is 0. The SMILES string of the molecule is Cc1ccc(S(=O)(=O)O)cc1.N[C@@H](CSSC[C@H](N)C(=O)OCc1ccccc1)C(=O)OCc1ccccc1. The Kier molecular flexibility index (Phi) is 14.1. The first kappa shape index (κ1) is 32.3. The largest absolute Gasteiger partial charge is 0.460 e. The van der Waals surface area contributed by atoms with E-state index in [0.717, 1.165) is 16.7 Å². The van der Waals surface area contributed by atoms with Gasteiger partial charge in [-0.3, -0.25) is 14.1 Å². The van der Waals surface area contributed by atoms with Crippen molar-refractivity contribution in [1.82, 2.24) is 0 Å². The summed E-state index contributed by atoms with van der Waals surface area (Å²) in [5.74, 6) is -0.180. The molecule has 2 atom stereocenters. The van der Waals surface area contributed by atoms with Crippen molar-refractivity contribution in [3.8, 4) is 0 Å². The van der Waals surface area contributed by atoms with E-state index in [4.69, 9.17) is 25.5 Å². The Morgan fingerprint density at radius 1 is 0.744 bits per heavy atom. The summed E-state index contributed by atoms with van der Waals surface area (Å²) in [6, 6.07) is 23.3. The molecule has 3 aromatic carbocycles. The standard InChI is InChI=1S/C20H24N2O4S2.C7H8O3S/c21-17(19(23)25-11-15-7-3-1-4-8-15)13-27-28-14-18(22)20(24)26-12-16-9-5-2-6-10-16;1-6-2-4-7(5-3-6)11(8,9)10/h1-10,17-18H,11-14,21-22H2;2-5H,1H3,(H,8,9,10)/t17-,18-;/m0./s1. The first-order chi connectivity index (χ1) is 18.6. The molecule has 3 rings (SSSR count). The molecule has 3 aromatic rings. The fraction of sp³-hybridized carbons (Fsp3) is 0.259. The van der Waals surface area contributed by atoms with E-state index in [1.807, 2.05) is 67.6 Å². The van der Waals surface area contributed by atoms with Crippen molar-refractivity contribution < 1.29 is 32.0 Å². The number of carbonyl (C=O) groups is 2. The Balaban J connectivity index is 0.000000404. The third-order valence-electron chi connectivity index (χ3n) is 4.95. The highest BCUT2D eigenvalue weighted by Gasteiger charge is 2.18. The van der Waals surface area contributed by atoms with Crippen molar-refractivity contribution in [1.29, 1.82) is 0 Å². The molecule has 0 radical (unpaired) electrons. The van der Waals surface area contributed by atoms with Crippen LogP contribution in [0, 0.1) is 6.92 Å². The summed E-state index contributed by atoms with van der Waals surface area (Å²) in [4.78, 5) is 23.7. The maximum absolute atomic E-state index is 11.9. The highest BCUT2D eigenvalue weighted by Crippen LogP contribution is 2.23. The Morgan fingerprint density at radius 2 is 1.13 bits per heavy atom. The molecular weight excluding hydrogens is 561 g/mol. The number of nitrogens with two attached hydrogens (primary N) is 2. The first-order valence-corrected chi connectivity index (χ1v) is 15.7. The van der Waals surface area contributed by atoms with Crippen LogP contribution in [-0.2, 0) is 42.4 Å². The summed E-state index contributed by atoms with van der Waals surface area (Å²) in [6.45, 7) is 2.24. The van der Waals surface area contributed by atoms with Crippen LogP contribution in [0.1, 0.15) is 16.7 Å². The van der Waals surface area contributed by atoms with Gasteiger partial charge in [-0.15, -0.1) is 0 Å². The number of benzene rings is 3. The fourth-order valence-electron chi connectivity index (χ4n) is 2.76. The molecule has 39 heavy (non-hydrogen) atoms. The molecular formula is C27H32N2O7S3. The second-order valence-corrected chi connectivity index (χ2v) is 12.2. The van der Waals surface area contributed by atoms with E-state index in [0.29, 0.717) is 11.5 Å². The minimum atomic E-state index is -4.02. The van der Waals surface area contributed by atoms with Gasteiger partial charge in [-0.2, -0.15) is 8.42 Å². The van der Waals surface area contributed by atoms with Gasteiger partial charge < -0.3 is 20.9 Å². The number of hydrogen-bond acceptors (Lipinski definition) is 10. The lowest BCUT2D eigenvalue weighted by Gasteiger charge is -2.13. The Bertz CT molecular complexity index is 1200. The van der Waals surface area contributed by atoms with E-state index in [1.54, 1.807) is 12.1 Å². The lowest BCUT2D eigenvalue weighted by Crippen LogP contribution is -2.35. The van der Waals surface area contributed by atoms with E-state index in [-0.39, 0.29) is 18.1 Å². The molecule has 0 amide bonds. The quantitative estimate of drug-likeness (QED) is 0.122. The third-order valence-corrected chi connectivity index (χ3v) is 8.29. The predicted molar refractivity (Wildman–Crippen MR) is 154 cm³/mol. The van der Waals surface area contributed by atoms with Gasteiger partial charge in [0, 0.05) is 11.5 Å².